The number of phenols is 1. The Labute approximate surface area is 178 Å². The Balaban J connectivity index is 1.93. The summed E-state index contributed by atoms with van der Waals surface area (Å²) in [5.41, 5.74) is 4.20. The number of phenolic OH excluding ortho intramolecular Hbond substituents is 1. The van der Waals surface area contributed by atoms with Gasteiger partial charge in [-0.1, -0.05) is 6.07 Å². The fraction of sp³-hybridized carbons (Fsp3) is 0.500. The second kappa shape index (κ2) is 6.88. The van der Waals surface area contributed by atoms with Crippen LogP contribution in [0.4, 0.5) is 0 Å². The summed E-state index contributed by atoms with van der Waals surface area (Å²) in [7, 11) is 3.24. The van der Waals surface area contributed by atoms with Crippen LogP contribution in [0.2, 0.25) is 0 Å². The molecule has 0 saturated heterocycles. The summed E-state index contributed by atoms with van der Waals surface area (Å²) in [6.07, 6.45) is -1.05. The number of likely N-dealkylation sites (N-methyl/N-ethyl adjacent to an activating group) is 1. The lowest BCUT2D eigenvalue weighted by molar-refractivity contribution is -0.184. The predicted octanol–water partition coefficient (Wildman–Crippen LogP) is -0.563. The van der Waals surface area contributed by atoms with Gasteiger partial charge in [-0.05, 0) is 57.0 Å². The topological polar surface area (TPSA) is 161 Å². The van der Waals surface area contributed by atoms with Crippen LogP contribution in [0.5, 0.6) is 5.75 Å². The minimum atomic E-state index is -2.62. The number of aryl methyl sites for hydroxylation is 1. The van der Waals surface area contributed by atoms with Gasteiger partial charge in [0.2, 0.25) is 11.7 Å². The Morgan fingerprint density at radius 1 is 1.23 bits per heavy atom. The molecule has 0 radical (unpaired) electrons. The van der Waals surface area contributed by atoms with Crippen molar-refractivity contribution in [3.05, 3.63) is 34.4 Å². The van der Waals surface area contributed by atoms with E-state index in [1.165, 1.54) is 6.07 Å². The molecule has 0 spiro atoms. The largest absolute Gasteiger partial charge is 0.507 e. The molecule has 1 aromatic rings. The number of primary amides is 1. The SMILES string of the molecule is Cc1ccc(O)c2c1C[C@H]1C[C@H]3[C@H](N(C)C)C(O)C(C(N)=O)C(=O)[C@@]3(O)C(=O)C1=C2O. The Bertz CT molecular complexity index is 1050. The van der Waals surface area contributed by atoms with Gasteiger partial charge in [0.05, 0.1) is 11.7 Å². The molecular weight excluding hydrogens is 404 g/mol. The molecule has 6 atom stereocenters. The molecule has 4 rings (SSSR count). The van der Waals surface area contributed by atoms with Crippen LogP contribution in [0.25, 0.3) is 5.76 Å². The van der Waals surface area contributed by atoms with Crippen molar-refractivity contribution >= 4 is 23.2 Å². The number of nitrogens with zero attached hydrogens (tertiary/aromatic N) is 1. The molecule has 31 heavy (non-hydrogen) atoms. The molecule has 1 aromatic carbocycles. The third-order valence-corrected chi connectivity index (χ3v) is 7.21. The van der Waals surface area contributed by atoms with Crippen molar-refractivity contribution in [2.75, 3.05) is 14.1 Å². The second-order valence-corrected chi connectivity index (χ2v) is 9.05. The number of nitrogens with two attached hydrogens (primary N) is 1. The van der Waals surface area contributed by atoms with Crippen molar-refractivity contribution in [1.82, 2.24) is 4.90 Å². The fourth-order valence-corrected chi connectivity index (χ4v) is 5.76. The van der Waals surface area contributed by atoms with Crippen LogP contribution in [0, 0.1) is 24.7 Å². The van der Waals surface area contributed by atoms with Crippen molar-refractivity contribution in [2.24, 2.45) is 23.5 Å². The Hall–Kier alpha value is -2.75. The zero-order valence-corrected chi connectivity index (χ0v) is 17.5. The number of fused-ring (bicyclic) bond motifs is 3. The van der Waals surface area contributed by atoms with E-state index < -0.39 is 58.7 Å². The maximum absolute atomic E-state index is 13.6. The predicted molar refractivity (Wildman–Crippen MR) is 109 cm³/mol. The van der Waals surface area contributed by atoms with Crippen molar-refractivity contribution in [2.45, 2.75) is 37.5 Å². The maximum Gasteiger partial charge on any atom is 0.230 e. The minimum absolute atomic E-state index is 0.112. The number of benzene rings is 1. The molecule has 2 saturated carbocycles. The molecule has 6 N–H and O–H groups in total. The Kier molecular flexibility index (Phi) is 4.77. The first-order chi connectivity index (χ1) is 14.4. The maximum atomic E-state index is 13.6. The van der Waals surface area contributed by atoms with Gasteiger partial charge in [0.1, 0.15) is 17.4 Å². The Morgan fingerprint density at radius 2 is 1.87 bits per heavy atom. The van der Waals surface area contributed by atoms with Gasteiger partial charge >= 0.3 is 0 Å². The summed E-state index contributed by atoms with van der Waals surface area (Å²) < 4.78 is 0. The lowest BCUT2D eigenvalue weighted by Gasteiger charge is -2.53. The number of hydrogen-bond acceptors (Lipinski definition) is 8. The van der Waals surface area contributed by atoms with E-state index >= 15 is 0 Å². The molecule has 0 heterocycles. The molecule has 166 valence electrons. The van der Waals surface area contributed by atoms with Crippen molar-refractivity contribution in [3.63, 3.8) is 0 Å². The number of ketones is 2. The number of carbonyl (C=O) groups is 3. The minimum Gasteiger partial charge on any atom is -0.507 e. The summed E-state index contributed by atoms with van der Waals surface area (Å²) in [4.78, 5) is 40.3. The first-order valence-electron chi connectivity index (χ1n) is 10.1. The lowest BCUT2D eigenvalue weighted by Crippen LogP contribution is -2.73. The van der Waals surface area contributed by atoms with Crippen LogP contribution in [-0.4, -0.2) is 74.6 Å². The van der Waals surface area contributed by atoms with E-state index in [4.69, 9.17) is 5.73 Å². The normalized spacial score (nSPS) is 35.0. The van der Waals surface area contributed by atoms with Crippen LogP contribution in [0.3, 0.4) is 0 Å². The van der Waals surface area contributed by atoms with Crippen LogP contribution in [0.1, 0.15) is 23.1 Å². The number of carbonyl (C=O) groups excluding carboxylic acids is 3. The average molecular weight is 430 g/mol. The van der Waals surface area contributed by atoms with Gasteiger partial charge in [0, 0.05) is 17.5 Å². The van der Waals surface area contributed by atoms with E-state index in [0.29, 0.717) is 12.0 Å². The number of hydrogen-bond donors (Lipinski definition) is 5. The molecule has 2 unspecified atom stereocenters. The smallest absolute Gasteiger partial charge is 0.230 e. The van der Waals surface area contributed by atoms with Crippen molar-refractivity contribution in [1.29, 1.82) is 0 Å². The molecule has 9 nitrogen and oxygen atoms in total. The molecule has 2 fully saturated rings. The van der Waals surface area contributed by atoms with E-state index in [9.17, 15) is 34.8 Å². The zero-order valence-electron chi connectivity index (χ0n) is 17.5. The van der Waals surface area contributed by atoms with Crippen LogP contribution >= 0.6 is 0 Å². The highest BCUT2D eigenvalue weighted by Gasteiger charge is 2.67. The number of aromatic hydroxyl groups is 1. The zero-order chi connectivity index (χ0) is 23.0. The molecule has 1 amide bonds. The Morgan fingerprint density at radius 3 is 2.45 bits per heavy atom. The number of rotatable bonds is 2. The second-order valence-electron chi connectivity index (χ2n) is 9.05. The number of aliphatic hydroxyl groups excluding tert-OH is 2. The molecular formula is C22H26N2O7. The first-order valence-corrected chi connectivity index (χ1v) is 10.1. The van der Waals surface area contributed by atoms with Gasteiger partial charge in [-0.2, -0.15) is 0 Å². The van der Waals surface area contributed by atoms with Gasteiger partial charge in [-0.15, -0.1) is 0 Å². The van der Waals surface area contributed by atoms with Gasteiger partial charge in [-0.3, -0.25) is 14.4 Å². The quantitative estimate of drug-likeness (QED) is 0.390. The molecule has 0 bridgehead atoms. The molecule has 0 aliphatic heterocycles. The number of Topliss-reactive ketones (excluding diaryl/α,β-unsaturated/α-hetero) is 2. The monoisotopic (exact) mass is 430 g/mol. The highest BCUT2D eigenvalue weighted by atomic mass is 16.3. The third kappa shape index (κ3) is 2.70. The van der Waals surface area contributed by atoms with Gasteiger partial charge in [-0.25, -0.2) is 0 Å². The fourth-order valence-electron chi connectivity index (χ4n) is 5.76. The summed E-state index contributed by atoms with van der Waals surface area (Å²) in [6.45, 7) is 1.82. The van der Waals surface area contributed by atoms with E-state index in [1.54, 1.807) is 25.1 Å². The molecule has 9 heteroatoms. The molecule has 3 aliphatic carbocycles. The summed E-state index contributed by atoms with van der Waals surface area (Å²) in [5.74, 6) is -7.27. The average Bonchev–Trinajstić information content (AvgIpc) is 2.67. The highest BCUT2D eigenvalue weighted by molar-refractivity contribution is 6.25. The van der Waals surface area contributed by atoms with Crippen LogP contribution in [-0.2, 0) is 20.8 Å². The molecule has 0 aromatic heterocycles. The first kappa shape index (κ1) is 21.5. The van der Waals surface area contributed by atoms with Crippen molar-refractivity contribution < 1.29 is 34.8 Å². The molecule has 3 aliphatic rings. The standard InChI is InChI=1S/C22H26N2O7/c1-8-4-5-12(25)14-10(8)6-9-7-11-16(24(2)3)18(27)15(21(23)30)20(29)22(11,31)19(28)13(9)17(14)26/h4-5,9,11,15-16,18,25-27,31H,6-7H2,1-3H3,(H2,23,30)/t9-,11-,15?,16-,18?,22-/m0/s1. The van der Waals surface area contributed by atoms with Crippen LogP contribution in [0.15, 0.2) is 17.7 Å². The van der Waals surface area contributed by atoms with E-state index in [0.717, 1.165) is 5.56 Å². The number of aliphatic hydroxyl groups is 3. The highest BCUT2D eigenvalue weighted by Crippen LogP contribution is 2.52. The summed E-state index contributed by atoms with van der Waals surface area (Å²) in [5, 5.41) is 43.5. The van der Waals surface area contributed by atoms with Gasteiger partial charge in [0.25, 0.3) is 0 Å². The number of amides is 1. The summed E-state index contributed by atoms with van der Waals surface area (Å²) >= 11 is 0. The van der Waals surface area contributed by atoms with E-state index in [2.05, 4.69) is 0 Å². The van der Waals surface area contributed by atoms with E-state index in [1.807, 2.05) is 6.92 Å². The lowest BCUT2D eigenvalue weighted by atomic mass is 9.54. The third-order valence-electron chi connectivity index (χ3n) is 7.21. The van der Waals surface area contributed by atoms with Gasteiger partial charge in [0.15, 0.2) is 11.4 Å². The van der Waals surface area contributed by atoms with Crippen molar-refractivity contribution in [3.8, 4) is 5.75 Å². The van der Waals surface area contributed by atoms with E-state index in [-0.39, 0.29) is 23.3 Å². The summed E-state index contributed by atoms with van der Waals surface area (Å²) in [6, 6.07) is 2.23. The van der Waals surface area contributed by atoms with Crippen LogP contribution < -0.4 is 5.73 Å². The van der Waals surface area contributed by atoms with Gasteiger partial charge < -0.3 is 31.1 Å².